The highest BCUT2D eigenvalue weighted by Gasteiger charge is 2.33. The van der Waals surface area contributed by atoms with Crippen molar-refractivity contribution >= 4 is 9.84 Å². The quantitative estimate of drug-likeness (QED) is 0.628. The summed E-state index contributed by atoms with van der Waals surface area (Å²) < 4.78 is 23.7. The lowest BCUT2D eigenvalue weighted by atomic mass is 9.85. The zero-order valence-corrected chi connectivity index (χ0v) is 9.30. The van der Waals surface area contributed by atoms with Crippen LogP contribution in [0.15, 0.2) is 12.2 Å². The lowest BCUT2D eigenvalue weighted by Gasteiger charge is -2.30. The van der Waals surface area contributed by atoms with Crippen molar-refractivity contribution in [3.05, 3.63) is 12.2 Å². The minimum Gasteiger partial charge on any atom is -0.228 e. The molecule has 0 bridgehead atoms. The number of allylic oxidation sites excluding steroid dienone is 1. The van der Waals surface area contributed by atoms with Gasteiger partial charge in [0, 0.05) is 0 Å². The van der Waals surface area contributed by atoms with E-state index >= 15 is 0 Å². The molecule has 1 saturated carbocycles. The molecule has 1 fully saturated rings. The van der Waals surface area contributed by atoms with Crippen molar-refractivity contribution in [1.82, 2.24) is 0 Å². The summed E-state index contributed by atoms with van der Waals surface area (Å²) in [6, 6.07) is 0. The van der Waals surface area contributed by atoms with Gasteiger partial charge in [-0.2, -0.15) is 0 Å². The number of hydrogen-bond donors (Lipinski definition) is 0. The van der Waals surface area contributed by atoms with E-state index < -0.39 is 9.84 Å². The third-order valence-electron chi connectivity index (χ3n) is 3.50. The normalized spacial score (nSPS) is 33.0. The molecule has 0 N–H and O–H groups in total. The van der Waals surface area contributed by atoms with E-state index in [0.717, 1.165) is 19.3 Å². The first-order chi connectivity index (χ1) is 6.70. The molecule has 2 rings (SSSR count). The highest BCUT2D eigenvalue weighted by molar-refractivity contribution is 7.92. The molecule has 14 heavy (non-hydrogen) atoms. The molecule has 0 spiro atoms. The van der Waals surface area contributed by atoms with Gasteiger partial charge in [-0.25, -0.2) is 8.42 Å². The van der Waals surface area contributed by atoms with Gasteiger partial charge in [0.15, 0.2) is 9.84 Å². The Morgan fingerprint density at radius 3 is 2.36 bits per heavy atom. The molecule has 0 amide bonds. The Bertz CT molecular complexity index is 310. The molecular weight excluding hydrogens is 196 g/mol. The molecule has 0 saturated heterocycles. The van der Waals surface area contributed by atoms with Crippen LogP contribution >= 0.6 is 0 Å². The van der Waals surface area contributed by atoms with Crippen molar-refractivity contribution in [2.24, 2.45) is 5.92 Å². The number of hydrogen-bond acceptors (Lipinski definition) is 2. The van der Waals surface area contributed by atoms with E-state index in [4.69, 9.17) is 0 Å². The lowest BCUT2D eigenvalue weighted by Crippen LogP contribution is -2.34. The van der Waals surface area contributed by atoms with Crippen LogP contribution in [0.5, 0.6) is 0 Å². The third-order valence-corrected chi connectivity index (χ3v) is 5.66. The summed E-state index contributed by atoms with van der Waals surface area (Å²) in [6.07, 6.45) is 10.6. The average molecular weight is 214 g/mol. The van der Waals surface area contributed by atoms with Crippen molar-refractivity contribution in [3.63, 3.8) is 0 Å². The van der Waals surface area contributed by atoms with Gasteiger partial charge in [-0.05, 0) is 25.2 Å². The van der Waals surface area contributed by atoms with E-state index in [1.807, 2.05) is 6.08 Å². The molecule has 2 aliphatic rings. The molecule has 80 valence electrons. The Morgan fingerprint density at radius 1 is 1.00 bits per heavy atom. The monoisotopic (exact) mass is 214 g/mol. The fourth-order valence-corrected chi connectivity index (χ4v) is 4.61. The van der Waals surface area contributed by atoms with Gasteiger partial charge in [-0.1, -0.05) is 31.4 Å². The highest BCUT2D eigenvalue weighted by Crippen LogP contribution is 2.33. The van der Waals surface area contributed by atoms with Crippen LogP contribution in [0.4, 0.5) is 0 Å². The Labute approximate surface area is 86.3 Å². The Kier molecular flexibility index (Phi) is 2.96. The Balaban J connectivity index is 2.12. The smallest absolute Gasteiger partial charge is 0.157 e. The van der Waals surface area contributed by atoms with Crippen LogP contribution in [0.3, 0.4) is 0 Å². The first-order valence-corrected chi connectivity index (χ1v) is 7.28. The zero-order chi connectivity index (χ0) is 10.0. The van der Waals surface area contributed by atoms with E-state index in [0.29, 0.717) is 5.92 Å². The number of sulfone groups is 1. The van der Waals surface area contributed by atoms with Gasteiger partial charge in [0.25, 0.3) is 0 Å². The predicted octanol–water partition coefficient (Wildman–Crippen LogP) is 2.31. The lowest BCUT2D eigenvalue weighted by molar-refractivity contribution is 0.339. The van der Waals surface area contributed by atoms with Gasteiger partial charge in [0.05, 0.1) is 11.0 Å². The maximum atomic E-state index is 11.8. The summed E-state index contributed by atoms with van der Waals surface area (Å²) in [7, 11) is -2.81. The minimum absolute atomic E-state index is 0.0622. The van der Waals surface area contributed by atoms with Gasteiger partial charge >= 0.3 is 0 Å². The maximum absolute atomic E-state index is 11.8. The second-order valence-electron chi connectivity index (χ2n) is 4.47. The van der Waals surface area contributed by atoms with E-state index in [2.05, 4.69) is 0 Å². The van der Waals surface area contributed by atoms with Crippen molar-refractivity contribution in [2.45, 2.75) is 43.8 Å². The fraction of sp³-hybridized carbons (Fsp3) is 0.818. The van der Waals surface area contributed by atoms with Crippen LogP contribution in [-0.4, -0.2) is 19.4 Å². The first kappa shape index (κ1) is 10.2. The second-order valence-corrected chi connectivity index (χ2v) is 6.74. The average Bonchev–Trinajstić information content (AvgIpc) is 2.18. The largest absolute Gasteiger partial charge is 0.228 e. The standard InChI is InChI=1S/C11H18O2S/c12-14(13)9-5-4-8-11(14)10-6-2-1-3-7-10/h4-5,10-11H,1-3,6-9H2. The van der Waals surface area contributed by atoms with Crippen LogP contribution in [0.25, 0.3) is 0 Å². The van der Waals surface area contributed by atoms with Gasteiger partial charge in [0.1, 0.15) is 0 Å². The van der Waals surface area contributed by atoms with Gasteiger partial charge in [-0.15, -0.1) is 0 Å². The molecule has 1 unspecified atom stereocenters. The van der Waals surface area contributed by atoms with Crippen LogP contribution in [-0.2, 0) is 9.84 Å². The first-order valence-electron chi connectivity index (χ1n) is 5.57. The van der Waals surface area contributed by atoms with Crippen molar-refractivity contribution in [3.8, 4) is 0 Å². The van der Waals surface area contributed by atoms with Crippen LogP contribution < -0.4 is 0 Å². The molecule has 2 nitrogen and oxygen atoms in total. The van der Waals surface area contributed by atoms with E-state index in [9.17, 15) is 8.42 Å². The van der Waals surface area contributed by atoms with Crippen molar-refractivity contribution in [2.75, 3.05) is 5.75 Å². The van der Waals surface area contributed by atoms with Crippen LogP contribution in [0.1, 0.15) is 38.5 Å². The summed E-state index contributed by atoms with van der Waals surface area (Å²) in [6.45, 7) is 0. The summed E-state index contributed by atoms with van der Waals surface area (Å²) in [4.78, 5) is 0. The van der Waals surface area contributed by atoms with Crippen LogP contribution in [0, 0.1) is 5.92 Å². The van der Waals surface area contributed by atoms with Gasteiger partial charge < -0.3 is 0 Å². The fourth-order valence-electron chi connectivity index (χ4n) is 2.69. The zero-order valence-electron chi connectivity index (χ0n) is 8.48. The van der Waals surface area contributed by atoms with E-state index in [1.54, 1.807) is 6.08 Å². The summed E-state index contributed by atoms with van der Waals surface area (Å²) in [5, 5.41) is -0.0622. The summed E-state index contributed by atoms with van der Waals surface area (Å²) in [5.41, 5.74) is 0. The van der Waals surface area contributed by atoms with Crippen molar-refractivity contribution in [1.29, 1.82) is 0 Å². The highest BCUT2D eigenvalue weighted by atomic mass is 32.2. The van der Waals surface area contributed by atoms with E-state index in [1.165, 1.54) is 19.3 Å². The Hall–Kier alpha value is -0.310. The third kappa shape index (κ3) is 2.02. The molecule has 0 aromatic rings. The topological polar surface area (TPSA) is 34.1 Å². The van der Waals surface area contributed by atoms with Crippen LogP contribution in [0.2, 0.25) is 0 Å². The van der Waals surface area contributed by atoms with Crippen molar-refractivity contribution < 1.29 is 8.42 Å². The molecule has 0 radical (unpaired) electrons. The molecule has 1 atom stereocenters. The minimum atomic E-state index is -2.81. The van der Waals surface area contributed by atoms with Gasteiger partial charge in [0.2, 0.25) is 0 Å². The molecule has 1 aliphatic heterocycles. The SMILES string of the molecule is O=S1(=O)CC=CCC1C1CCCCC1. The molecule has 0 aromatic carbocycles. The maximum Gasteiger partial charge on any atom is 0.157 e. The van der Waals surface area contributed by atoms with Gasteiger partial charge in [-0.3, -0.25) is 0 Å². The Morgan fingerprint density at radius 2 is 1.71 bits per heavy atom. The molecule has 1 aliphatic carbocycles. The number of rotatable bonds is 1. The summed E-state index contributed by atoms with van der Waals surface area (Å²) >= 11 is 0. The predicted molar refractivity (Wildman–Crippen MR) is 57.9 cm³/mol. The molecule has 3 heteroatoms. The summed E-state index contributed by atoms with van der Waals surface area (Å²) in [5.74, 6) is 0.715. The second kappa shape index (κ2) is 4.05. The molecule has 0 aromatic heterocycles. The molecular formula is C11H18O2S. The molecule has 1 heterocycles. The van der Waals surface area contributed by atoms with E-state index in [-0.39, 0.29) is 11.0 Å².